The van der Waals surface area contributed by atoms with Gasteiger partial charge in [-0.05, 0) is 38.2 Å². The molecule has 2 aromatic heterocycles. The molecule has 2 heterocycles. The quantitative estimate of drug-likeness (QED) is 0.720. The molecule has 7 heteroatoms. The number of nitrogens with zero attached hydrogens (tertiary/aromatic N) is 4. The molecule has 3 N–H and O–H groups in total. The van der Waals surface area contributed by atoms with Gasteiger partial charge in [-0.25, -0.2) is 0 Å². The number of benzene rings is 1. The number of nitrogen functional groups attached to an aromatic ring is 1. The van der Waals surface area contributed by atoms with E-state index in [-0.39, 0.29) is 12.0 Å². The second-order valence-electron chi connectivity index (χ2n) is 5.54. The van der Waals surface area contributed by atoms with Crippen LogP contribution in [0.4, 0.5) is 17.6 Å². The average molecular weight is 324 g/mol. The maximum Gasteiger partial charge on any atom is 0.232 e. The number of rotatable bonds is 6. The van der Waals surface area contributed by atoms with Gasteiger partial charge in [0, 0.05) is 5.69 Å². The summed E-state index contributed by atoms with van der Waals surface area (Å²) in [5.41, 5.74) is 6.74. The van der Waals surface area contributed by atoms with Gasteiger partial charge in [-0.2, -0.15) is 15.0 Å². The zero-order valence-corrected chi connectivity index (χ0v) is 13.7. The van der Waals surface area contributed by atoms with Crippen molar-refractivity contribution in [3.63, 3.8) is 0 Å². The smallest absolute Gasteiger partial charge is 0.232 e. The van der Waals surface area contributed by atoms with E-state index < -0.39 is 0 Å². The predicted octanol–water partition coefficient (Wildman–Crippen LogP) is 2.98. The van der Waals surface area contributed by atoms with Gasteiger partial charge in [0.15, 0.2) is 5.82 Å². The van der Waals surface area contributed by atoms with Gasteiger partial charge in [-0.3, -0.25) is 4.90 Å². The molecule has 0 saturated heterocycles. The number of aromatic nitrogens is 3. The summed E-state index contributed by atoms with van der Waals surface area (Å²) in [6, 6.07) is 13.5. The number of para-hydroxylation sites is 1. The zero-order chi connectivity index (χ0) is 16.9. The van der Waals surface area contributed by atoms with Crippen molar-refractivity contribution < 1.29 is 4.42 Å². The molecular formula is C17H20N6O. The lowest BCUT2D eigenvalue weighted by Crippen LogP contribution is -2.24. The first-order valence-corrected chi connectivity index (χ1v) is 7.68. The first kappa shape index (κ1) is 15.9. The number of hydrogen-bond donors (Lipinski definition) is 2. The van der Waals surface area contributed by atoms with Crippen LogP contribution in [0.3, 0.4) is 0 Å². The van der Waals surface area contributed by atoms with Crippen LogP contribution in [0.1, 0.15) is 24.6 Å². The van der Waals surface area contributed by atoms with Crippen LogP contribution in [0, 0.1) is 0 Å². The zero-order valence-electron chi connectivity index (χ0n) is 13.7. The minimum Gasteiger partial charge on any atom is -0.468 e. The number of nitrogens with two attached hydrogens (primary N) is 1. The van der Waals surface area contributed by atoms with Gasteiger partial charge in [-0.1, -0.05) is 18.2 Å². The van der Waals surface area contributed by atoms with Crippen molar-refractivity contribution in [2.24, 2.45) is 0 Å². The fourth-order valence-electron chi connectivity index (χ4n) is 2.29. The third-order valence-electron chi connectivity index (χ3n) is 3.72. The Labute approximate surface area is 140 Å². The van der Waals surface area contributed by atoms with Gasteiger partial charge in [0.2, 0.25) is 11.9 Å². The van der Waals surface area contributed by atoms with Gasteiger partial charge < -0.3 is 15.5 Å². The van der Waals surface area contributed by atoms with Gasteiger partial charge >= 0.3 is 0 Å². The number of hydrogen-bond acceptors (Lipinski definition) is 7. The molecular weight excluding hydrogens is 304 g/mol. The van der Waals surface area contributed by atoms with Crippen molar-refractivity contribution in [1.29, 1.82) is 0 Å². The van der Waals surface area contributed by atoms with Crippen molar-refractivity contribution in [2.45, 2.75) is 19.5 Å². The van der Waals surface area contributed by atoms with Crippen LogP contribution in [0.25, 0.3) is 0 Å². The molecule has 0 spiro atoms. The normalized spacial score (nSPS) is 12.3. The number of anilines is 3. The third kappa shape index (κ3) is 3.88. The molecule has 7 nitrogen and oxygen atoms in total. The molecule has 0 amide bonds. The van der Waals surface area contributed by atoms with E-state index in [0.29, 0.717) is 18.3 Å². The molecule has 1 aromatic carbocycles. The van der Waals surface area contributed by atoms with Gasteiger partial charge in [-0.15, -0.1) is 0 Å². The number of nitrogens with one attached hydrogen (secondary N) is 1. The van der Waals surface area contributed by atoms with Crippen LogP contribution >= 0.6 is 0 Å². The predicted molar refractivity (Wildman–Crippen MR) is 92.6 cm³/mol. The largest absolute Gasteiger partial charge is 0.468 e. The van der Waals surface area contributed by atoms with E-state index in [4.69, 9.17) is 10.2 Å². The Morgan fingerprint density at radius 3 is 2.62 bits per heavy atom. The van der Waals surface area contributed by atoms with E-state index in [1.165, 1.54) is 0 Å². The van der Waals surface area contributed by atoms with Crippen molar-refractivity contribution in [3.05, 3.63) is 60.3 Å². The summed E-state index contributed by atoms with van der Waals surface area (Å²) < 4.78 is 5.38. The van der Waals surface area contributed by atoms with E-state index in [9.17, 15) is 0 Å². The minimum atomic E-state index is -0.0447. The summed E-state index contributed by atoms with van der Waals surface area (Å²) in [7, 11) is 1.98. The molecule has 0 radical (unpaired) electrons. The lowest BCUT2D eigenvalue weighted by Gasteiger charge is -2.22. The molecule has 0 unspecified atom stereocenters. The summed E-state index contributed by atoms with van der Waals surface area (Å²) >= 11 is 0. The first-order valence-electron chi connectivity index (χ1n) is 7.68. The lowest BCUT2D eigenvalue weighted by molar-refractivity contribution is 0.224. The molecule has 0 aliphatic heterocycles. The Balaban J connectivity index is 1.77. The average Bonchev–Trinajstić information content (AvgIpc) is 3.07. The van der Waals surface area contributed by atoms with Gasteiger partial charge in [0.25, 0.3) is 0 Å². The Hall–Kier alpha value is -2.93. The van der Waals surface area contributed by atoms with Gasteiger partial charge in [0.1, 0.15) is 5.76 Å². The minimum absolute atomic E-state index is 0.0447. The second kappa shape index (κ2) is 7.10. The van der Waals surface area contributed by atoms with Crippen molar-refractivity contribution in [3.8, 4) is 0 Å². The highest BCUT2D eigenvalue weighted by atomic mass is 16.3. The third-order valence-corrected chi connectivity index (χ3v) is 3.72. The van der Waals surface area contributed by atoms with Gasteiger partial charge in [0.05, 0.1) is 18.8 Å². The van der Waals surface area contributed by atoms with Crippen LogP contribution < -0.4 is 11.1 Å². The first-order chi connectivity index (χ1) is 11.6. The molecule has 0 bridgehead atoms. The summed E-state index contributed by atoms with van der Waals surface area (Å²) in [6.45, 7) is 2.67. The molecule has 24 heavy (non-hydrogen) atoms. The second-order valence-corrected chi connectivity index (χ2v) is 5.54. The lowest BCUT2D eigenvalue weighted by atomic mass is 10.2. The highest BCUT2D eigenvalue weighted by molar-refractivity contribution is 5.53. The standard InChI is InChI=1S/C17H20N6O/c1-12(23(2)11-14-9-6-10-24-14)15-20-16(18)22-17(21-15)19-13-7-4-3-5-8-13/h3-10,12H,11H2,1-2H3,(H3,18,19,20,21,22)/t12-/m1/s1. The fraction of sp³-hybridized carbons (Fsp3) is 0.235. The van der Waals surface area contributed by atoms with E-state index in [1.807, 2.05) is 56.4 Å². The summed E-state index contributed by atoms with van der Waals surface area (Å²) in [5.74, 6) is 2.11. The Kier molecular flexibility index (Phi) is 4.72. The highest BCUT2D eigenvalue weighted by Gasteiger charge is 2.18. The summed E-state index contributed by atoms with van der Waals surface area (Å²) in [6.07, 6.45) is 1.66. The highest BCUT2D eigenvalue weighted by Crippen LogP contribution is 2.20. The summed E-state index contributed by atoms with van der Waals surface area (Å²) in [5, 5.41) is 3.15. The Morgan fingerprint density at radius 2 is 1.92 bits per heavy atom. The van der Waals surface area contributed by atoms with Crippen molar-refractivity contribution in [2.75, 3.05) is 18.1 Å². The number of furan rings is 1. The van der Waals surface area contributed by atoms with Crippen molar-refractivity contribution in [1.82, 2.24) is 19.9 Å². The van der Waals surface area contributed by atoms with Crippen LogP contribution in [-0.4, -0.2) is 26.9 Å². The molecule has 0 fully saturated rings. The fourth-order valence-corrected chi connectivity index (χ4v) is 2.29. The van der Waals surface area contributed by atoms with Crippen molar-refractivity contribution >= 4 is 17.6 Å². The van der Waals surface area contributed by atoms with Crippen LogP contribution in [0.15, 0.2) is 53.1 Å². The maximum absolute atomic E-state index is 5.85. The molecule has 124 valence electrons. The van der Waals surface area contributed by atoms with E-state index in [2.05, 4.69) is 25.2 Å². The van der Waals surface area contributed by atoms with E-state index in [1.54, 1.807) is 6.26 Å². The molecule has 0 saturated carbocycles. The molecule has 3 aromatic rings. The van der Waals surface area contributed by atoms with Crippen LogP contribution in [0.2, 0.25) is 0 Å². The SMILES string of the molecule is C[C@H](c1nc(N)nc(Nc2ccccc2)n1)N(C)Cc1ccco1. The molecule has 0 aliphatic rings. The van der Waals surface area contributed by atoms with E-state index in [0.717, 1.165) is 11.4 Å². The van der Waals surface area contributed by atoms with Crippen LogP contribution in [-0.2, 0) is 6.54 Å². The molecule has 1 atom stereocenters. The molecule has 3 rings (SSSR count). The topological polar surface area (TPSA) is 93.1 Å². The summed E-state index contributed by atoms with van der Waals surface area (Å²) in [4.78, 5) is 15.0. The maximum atomic E-state index is 5.85. The monoisotopic (exact) mass is 324 g/mol. The molecule has 0 aliphatic carbocycles. The van der Waals surface area contributed by atoms with E-state index >= 15 is 0 Å². The Morgan fingerprint density at radius 1 is 1.12 bits per heavy atom. The Bertz CT molecular complexity index is 775. The van der Waals surface area contributed by atoms with Crippen LogP contribution in [0.5, 0.6) is 0 Å².